The number of methoxy groups -OCH3 is 1. The summed E-state index contributed by atoms with van der Waals surface area (Å²) in [6.07, 6.45) is 0. The van der Waals surface area contributed by atoms with E-state index in [0.717, 1.165) is 11.8 Å². The topological polar surface area (TPSA) is 95.1 Å². The summed E-state index contributed by atoms with van der Waals surface area (Å²) in [5.74, 6) is 6.30. The van der Waals surface area contributed by atoms with Crippen molar-refractivity contribution in [2.45, 2.75) is 5.16 Å². The Morgan fingerprint density at radius 2 is 2.08 bits per heavy atom. The number of nitrogens with one attached hydrogen (secondary N) is 1. The molecule has 1 aromatic heterocycles. The van der Waals surface area contributed by atoms with E-state index < -0.39 is 5.82 Å². The van der Waals surface area contributed by atoms with Crippen LogP contribution in [0.3, 0.4) is 0 Å². The highest BCUT2D eigenvalue weighted by molar-refractivity contribution is 7.99. The van der Waals surface area contributed by atoms with Crippen LogP contribution < -0.4 is 15.9 Å². The van der Waals surface area contributed by atoms with E-state index in [2.05, 4.69) is 15.5 Å². The van der Waals surface area contributed by atoms with Crippen molar-refractivity contribution in [2.75, 3.05) is 24.0 Å². The lowest BCUT2D eigenvalue weighted by molar-refractivity contribution is -0.113. The van der Waals surface area contributed by atoms with E-state index in [4.69, 9.17) is 10.6 Å². The summed E-state index contributed by atoms with van der Waals surface area (Å²) in [6, 6.07) is 13.0. The fourth-order valence-electron chi connectivity index (χ4n) is 2.26. The molecule has 0 saturated heterocycles. The number of benzene rings is 2. The molecule has 9 heteroatoms. The zero-order valence-electron chi connectivity index (χ0n) is 13.8. The van der Waals surface area contributed by atoms with Crippen molar-refractivity contribution in [3.8, 4) is 17.1 Å². The van der Waals surface area contributed by atoms with E-state index in [-0.39, 0.29) is 11.7 Å². The third-order valence-electron chi connectivity index (χ3n) is 3.46. The van der Waals surface area contributed by atoms with E-state index in [1.54, 1.807) is 30.3 Å². The maximum absolute atomic E-state index is 13.3. The normalized spacial score (nSPS) is 10.5. The summed E-state index contributed by atoms with van der Waals surface area (Å²) in [4.78, 5) is 12.2. The number of para-hydroxylation sites is 2. The van der Waals surface area contributed by atoms with E-state index in [1.165, 1.54) is 23.9 Å². The minimum absolute atomic E-state index is 0.0799. The Morgan fingerprint density at radius 1 is 1.27 bits per heavy atom. The molecule has 26 heavy (non-hydrogen) atoms. The number of aromatic nitrogens is 3. The van der Waals surface area contributed by atoms with Crippen LogP contribution in [0.1, 0.15) is 0 Å². The predicted molar refractivity (Wildman–Crippen MR) is 97.9 cm³/mol. The van der Waals surface area contributed by atoms with Crippen molar-refractivity contribution in [1.29, 1.82) is 0 Å². The molecule has 0 fully saturated rings. The smallest absolute Gasteiger partial charge is 0.234 e. The molecule has 0 radical (unpaired) electrons. The lowest BCUT2D eigenvalue weighted by Gasteiger charge is -2.09. The zero-order chi connectivity index (χ0) is 18.5. The molecule has 0 spiro atoms. The summed E-state index contributed by atoms with van der Waals surface area (Å²) < 4.78 is 19.8. The molecule has 0 atom stereocenters. The number of hydrogen-bond donors (Lipinski definition) is 2. The number of carbonyl (C=O) groups is 1. The zero-order valence-corrected chi connectivity index (χ0v) is 14.7. The van der Waals surface area contributed by atoms with Gasteiger partial charge in [-0.05, 0) is 24.3 Å². The summed E-state index contributed by atoms with van der Waals surface area (Å²) in [5.41, 5.74) is 1.08. The molecule has 7 nitrogen and oxygen atoms in total. The second kappa shape index (κ2) is 7.87. The van der Waals surface area contributed by atoms with Crippen molar-refractivity contribution in [3.05, 3.63) is 54.3 Å². The molecule has 0 aliphatic rings. The third-order valence-corrected chi connectivity index (χ3v) is 4.40. The van der Waals surface area contributed by atoms with Crippen LogP contribution in [0.15, 0.2) is 53.7 Å². The maximum atomic E-state index is 13.3. The molecule has 3 N–H and O–H groups in total. The van der Waals surface area contributed by atoms with Gasteiger partial charge in [0.15, 0.2) is 5.82 Å². The highest BCUT2D eigenvalue weighted by Gasteiger charge is 2.15. The molecule has 1 heterocycles. The van der Waals surface area contributed by atoms with Crippen LogP contribution in [0.5, 0.6) is 5.75 Å². The van der Waals surface area contributed by atoms with Crippen molar-refractivity contribution < 1.29 is 13.9 Å². The van der Waals surface area contributed by atoms with Gasteiger partial charge in [0, 0.05) is 5.56 Å². The maximum Gasteiger partial charge on any atom is 0.234 e. The standard InChI is InChI=1S/C17H16FN5O2S/c1-25-14-8-3-2-7-13(14)20-15(24)10-26-17-22-21-16(23(17)19)11-5-4-6-12(18)9-11/h2-9H,10,19H2,1H3,(H,20,24). The molecular formula is C17H16FN5O2S. The Morgan fingerprint density at radius 3 is 2.85 bits per heavy atom. The van der Waals surface area contributed by atoms with E-state index in [0.29, 0.717) is 28.0 Å². The first-order valence-corrected chi connectivity index (χ1v) is 8.59. The van der Waals surface area contributed by atoms with Gasteiger partial charge < -0.3 is 15.9 Å². The lowest BCUT2D eigenvalue weighted by Crippen LogP contribution is -2.16. The van der Waals surface area contributed by atoms with Crippen LogP contribution >= 0.6 is 11.8 Å². The molecule has 3 aromatic rings. The van der Waals surface area contributed by atoms with Gasteiger partial charge in [-0.3, -0.25) is 4.79 Å². The van der Waals surface area contributed by atoms with Gasteiger partial charge in [0.05, 0.1) is 18.6 Å². The fourth-order valence-corrected chi connectivity index (χ4v) is 2.92. The van der Waals surface area contributed by atoms with Crippen LogP contribution in [0.2, 0.25) is 0 Å². The van der Waals surface area contributed by atoms with Crippen LogP contribution in [0.4, 0.5) is 10.1 Å². The average Bonchev–Trinajstić information content (AvgIpc) is 3.01. The molecule has 2 aromatic carbocycles. The Hall–Kier alpha value is -3.07. The number of amides is 1. The summed E-state index contributed by atoms with van der Waals surface area (Å²) >= 11 is 1.13. The number of rotatable bonds is 6. The first kappa shape index (κ1) is 17.7. The molecular weight excluding hydrogens is 357 g/mol. The van der Waals surface area contributed by atoms with E-state index in [1.807, 2.05) is 6.07 Å². The number of nitrogens with two attached hydrogens (primary N) is 1. The second-order valence-corrected chi connectivity index (χ2v) is 6.17. The van der Waals surface area contributed by atoms with Crippen molar-refractivity contribution in [3.63, 3.8) is 0 Å². The third kappa shape index (κ3) is 3.94. The summed E-state index contributed by atoms with van der Waals surface area (Å²) in [5, 5.41) is 11.0. The summed E-state index contributed by atoms with van der Waals surface area (Å²) in [7, 11) is 1.53. The monoisotopic (exact) mass is 373 g/mol. The van der Waals surface area contributed by atoms with Crippen LogP contribution in [0.25, 0.3) is 11.4 Å². The number of nitrogen functional groups attached to an aromatic ring is 1. The minimum Gasteiger partial charge on any atom is -0.495 e. The molecule has 3 rings (SSSR count). The number of thioether (sulfide) groups is 1. The van der Waals surface area contributed by atoms with Gasteiger partial charge in [-0.15, -0.1) is 10.2 Å². The molecule has 0 bridgehead atoms. The Labute approximate surface area is 153 Å². The molecule has 0 unspecified atom stereocenters. The number of carbonyl (C=O) groups excluding carboxylic acids is 1. The average molecular weight is 373 g/mol. The fraction of sp³-hybridized carbons (Fsp3) is 0.118. The largest absolute Gasteiger partial charge is 0.495 e. The first-order valence-electron chi connectivity index (χ1n) is 7.60. The minimum atomic E-state index is -0.393. The van der Waals surface area contributed by atoms with Gasteiger partial charge >= 0.3 is 0 Å². The molecule has 1 amide bonds. The number of anilines is 1. The van der Waals surface area contributed by atoms with Crippen LogP contribution in [0, 0.1) is 5.82 Å². The van der Waals surface area contributed by atoms with Gasteiger partial charge in [0.2, 0.25) is 11.1 Å². The predicted octanol–water partition coefficient (Wildman–Crippen LogP) is 2.54. The molecule has 134 valence electrons. The van der Waals surface area contributed by atoms with Crippen LogP contribution in [-0.2, 0) is 4.79 Å². The second-order valence-electron chi connectivity index (χ2n) is 5.22. The van der Waals surface area contributed by atoms with Crippen molar-refractivity contribution in [2.24, 2.45) is 0 Å². The molecule has 0 saturated carbocycles. The SMILES string of the molecule is COc1ccccc1NC(=O)CSc1nnc(-c2cccc(F)c2)n1N. The number of nitrogens with zero attached hydrogens (tertiary/aromatic N) is 3. The van der Waals surface area contributed by atoms with Gasteiger partial charge in [-0.2, -0.15) is 0 Å². The van der Waals surface area contributed by atoms with Gasteiger partial charge in [0.25, 0.3) is 0 Å². The summed E-state index contributed by atoms with van der Waals surface area (Å²) in [6.45, 7) is 0. The van der Waals surface area contributed by atoms with E-state index >= 15 is 0 Å². The van der Waals surface area contributed by atoms with Crippen molar-refractivity contribution >= 4 is 23.4 Å². The Kier molecular flexibility index (Phi) is 5.37. The number of ether oxygens (including phenoxy) is 1. The molecule has 0 aliphatic carbocycles. The highest BCUT2D eigenvalue weighted by Crippen LogP contribution is 2.25. The van der Waals surface area contributed by atoms with Crippen LogP contribution in [-0.4, -0.2) is 33.6 Å². The Balaban J connectivity index is 1.66. The van der Waals surface area contributed by atoms with Gasteiger partial charge in [-0.1, -0.05) is 36.0 Å². The highest BCUT2D eigenvalue weighted by atomic mass is 32.2. The quantitative estimate of drug-likeness (QED) is 0.509. The number of hydrogen-bond acceptors (Lipinski definition) is 6. The Bertz CT molecular complexity index is 931. The van der Waals surface area contributed by atoms with Crippen molar-refractivity contribution in [1.82, 2.24) is 14.9 Å². The van der Waals surface area contributed by atoms with E-state index in [9.17, 15) is 9.18 Å². The number of halogens is 1. The van der Waals surface area contributed by atoms with Gasteiger partial charge in [0.1, 0.15) is 11.6 Å². The first-order chi connectivity index (χ1) is 12.6. The lowest BCUT2D eigenvalue weighted by atomic mass is 10.2. The van der Waals surface area contributed by atoms with Gasteiger partial charge in [-0.25, -0.2) is 9.07 Å². The molecule has 0 aliphatic heterocycles.